The molecule has 1 saturated heterocycles. The van der Waals surface area contributed by atoms with Gasteiger partial charge in [0, 0.05) is 50.8 Å². The number of halogens is 2. The van der Waals surface area contributed by atoms with Gasteiger partial charge in [0.05, 0.1) is 5.92 Å². The number of carbonyl (C=O) groups excluding carboxylic acids is 1. The highest BCUT2D eigenvalue weighted by molar-refractivity contribution is 5.83. The summed E-state index contributed by atoms with van der Waals surface area (Å²) in [5, 5.41) is 3.11. The Balaban J connectivity index is 1.27. The molecule has 1 amide bonds. The van der Waals surface area contributed by atoms with Crippen molar-refractivity contribution in [2.24, 2.45) is 0 Å². The van der Waals surface area contributed by atoms with Crippen LogP contribution in [0.4, 0.5) is 14.5 Å². The molecule has 0 saturated carbocycles. The second-order valence-corrected chi connectivity index (χ2v) is 10.7. The molecule has 3 aromatic rings. The molecule has 2 aliphatic heterocycles. The Hall–Kier alpha value is -3.71. The van der Waals surface area contributed by atoms with Crippen molar-refractivity contribution in [1.29, 1.82) is 0 Å². The molecule has 0 radical (unpaired) electrons. The summed E-state index contributed by atoms with van der Waals surface area (Å²) in [7, 11) is 1.82. The minimum atomic E-state index is -0.614. The molecule has 1 atom stereocenters. The van der Waals surface area contributed by atoms with E-state index in [1.54, 1.807) is 29.2 Å². The van der Waals surface area contributed by atoms with Gasteiger partial charge in [0.2, 0.25) is 5.91 Å². The van der Waals surface area contributed by atoms with Crippen LogP contribution in [0, 0.1) is 18.6 Å². The topological polar surface area (TPSA) is 44.8 Å². The van der Waals surface area contributed by atoms with Gasteiger partial charge in [-0.05, 0) is 67.9 Å². The van der Waals surface area contributed by atoms with Gasteiger partial charge in [0.15, 0.2) is 5.88 Å². The van der Waals surface area contributed by atoms with Crippen molar-refractivity contribution in [2.75, 3.05) is 32.0 Å². The van der Waals surface area contributed by atoms with Crippen molar-refractivity contribution >= 4 is 11.6 Å². The molecule has 1 fully saturated rings. The molecule has 0 aliphatic carbocycles. The number of carbonyl (C=O) groups is 1. The summed E-state index contributed by atoms with van der Waals surface area (Å²) >= 11 is 0. The predicted molar refractivity (Wildman–Crippen MR) is 149 cm³/mol. The van der Waals surface area contributed by atoms with Crippen LogP contribution in [0.25, 0.3) is 0 Å². The van der Waals surface area contributed by atoms with Crippen molar-refractivity contribution < 1.29 is 18.3 Å². The maximum Gasteiger partial charge on any atom is 0.230 e. The Bertz CT molecular complexity index is 1330. The van der Waals surface area contributed by atoms with Gasteiger partial charge in [-0.25, -0.2) is 8.78 Å². The molecule has 204 valence electrons. The number of benzene rings is 3. The van der Waals surface area contributed by atoms with Crippen LogP contribution < -0.4 is 5.32 Å². The Morgan fingerprint density at radius 3 is 2.41 bits per heavy atom. The quantitative estimate of drug-likeness (QED) is 0.388. The molecule has 39 heavy (non-hydrogen) atoms. The number of hydrogen-bond donors (Lipinski definition) is 1. The van der Waals surface area contributed by atoms with E-state index < -0.39 is 5.60 Å². The monoisotopic (exact) mass is 531 g/mol. The van der Waals surface area contributed by atoms with Gasteiger partial charge in [-0.1, -0.05) is 42.0 Å². The van der Waals surface area contributed by atoms with E-state index in [0.29, 0.717) is 38.2 Å². The van der Waals surface area contributed by atoms with E-state index in [1.165, 1.54) is 23.8 Å². The van der Waals surface area contributed by atoms with Crippen molar-refractivity contribution in [3.05, 3.63) is 113 Å². The van der Waals surface area contributed by atoms with E-state index in [4.69, 9.17) is 4.74 Å². The molecular formula is C32H35F2N3O2. The average Bonchev–Trinajstić information content (AvgIpc) is 2.92. The standard InChI is InChI=1S/C32H35F2N3O2/c1-22-4-6-24(7-5-22)21-36(3)31(38)28(25-8-10-26(33)11-9-25)14-17-37-18-15-32(16-19-37)29-20-27(34)12-13-30(29)35-23(2)39-32/h4-13,20,28,35H,2,14-19,21H2,1,3H3. The van der Waals surface area contributed by atoms with Gasteiger partial charge in [0.25, 0.3) is 0 Å². The van der Waals surface area contributed by atoms with Gasteiger partial charge in [-0.2, -0.15) is 0 Å². The summed E-state index contributed by atoms with van der Waals surface area (Å²) in [5.74, 6) is -0.510. The lowest BCUT2D eigenvalue weighted by Crippen LogP contribution is -2.47. The van der Waals surface area contributed by atoms with E-state index >= 15 is 0 Å². The lowest BCUT2D eigenvalue weighted by atomic mass is 9.82. The molecule has 0 bridgehead atoms. The highest BCUT2D eigenvalue weighted by atomic mass is 19.1. The SMILES string of the molecule is C=C1Nc2ccc(F)cc2C2(CCN(CCC(C(=O)N(C)Cc3ccc(C)cc3)c3ccc(F)cc3)CC2)O1. The molecule has 3 aromatic carbocycles. The number of anilines is 1. The zero-order valence-corrected chi connectivity index (χ0v) is 22.6. The molecular weight excluding hydrogens is 496 g/mol. The second kappa shape index (κ2) is 11.2. The normalized spacial score (nSPS) is 17.2. The minimum Gasteiger partial charge on any atom is -0.468 e. The van der Waals surface area contributed by atoms with E-state index in [2.05, 4.69) is 16.8 Å². The zero-order valence-electron chi connectivity index (χ0n) is 22.6. The summed E-state index contributed by atoms with van der Waals surface area (Å²) in [5.41, 5.74) is 4.10. The summed E-state index contributed by atoms with van der Waals surface area (Å²) in [4.78, 5) is 17.7. The smallest absolute Gasteiger partial charge is 0.230 e. The second-order valence-electron chi connectivity index (χ2n) is 10.7. The number of fused-ring (bicyclic) bond motifs is 2. The third-order valence-corrected chi connectivity index (χ3v) is 7.95. The maximum atomic E-state index is 14.1. The molecule has 0 aromatic heterocycles. The number of rotatable bonds is 7. The zero-order chi connectivity index (χ0) is 27.6. The molecule has 5 rings (SSSR count). The van der Waals surface area contributed by atoms with Gasteiger partial charge >= 0.3 is 0 Å². The van der Waals surface area contributed by atoms with Gasteiger partial charge in [-0.15, -0.1) is 0 Å². The number of ether oxygens (including phenoxy) is 1. The third kappa shape index (κ3) is 5.98. The summed E-state index contributed by atoms with van der Waals surface area (Å²) in [6.45, 7) is 8.70. The van der Waals surface area contributed by atoms with Gasteiger partial charge < -0.3 is 19.9 Å². The lowest BCUT2D eigenvalue weighted by Gasteiger charge is -2.46. The van der Waals surface area contributed by atoms with Gasteiger partial charge in [-0.3, -0.25) is 4.79 Å². The fourth-order valence-electron chi connectivity index (χ4n) is 5.73. The summed E-state index contributed by atoms with van der Waals surface area (Å²) in [6, 6.07) is 19.1. The number of aryl methyl sites for hydroxylation is 1. The average molecular weight is 532 g/mol. The molecule has 1 spiro atoms. The Kier molecular flexibility index (Phi) is 7.71. The fraction of sp³-hybridized carbons (Fsp3) is 0.344. The number of piperidine rings is 1. The summed E-state index contributed by atoms with van der Waals surface area (Å²) in [6.07, 6.45) is 1.98. The number of likely N-dealkylation sites (tertiary alicyclic amines) is 1. The van der Waals surface area contributed by atoms with Crippen molar-refractivity contribution in [3.8, 4) is 0 Å². The number of likely N-dealkylation sites (N-methyl/N-ethyl adjacent to an activating group) is 1. The van der Waals surface area contributed by atoms with Crippen LogP contribution in [0.1, 0.15) is 47.4 Å². The molecule has 1 unspecified atom stereocenters. The summed E-state index contributed by atoms with van der Waals surface area (Å²) < 4.78 is 34.0. The highest BCUT2D eigenvalue weighted by Crippen LogP contribution is 2.45. The van der Waals surface area contributed by atoms with Crippen LogP contribution in [0.2, 0.25) is 0 Å². The van der Waals surface area contributed by atoms with E-state index in [1.807, 2.05) is 38.2 Å². The maximum absolute atomic E-state index is 14.1. The van der Waals surface area contributed by atoms with Crippen LogP contribution in [0.3, 0.4) is 0 Å². The Labute approximate surface area is 229 Å². The Morgan fingerprint density at radius 2 is 1.72 bits per heavy atom. The highest BCUT2D eigenvalue weighted by Gasteiger charge is 2.43. The van der Waals surface area contributed by atoms with Gasteiger partial charge in [0.1, 0.15) is 17.2 Å². The first-order valence-corrected chi connectivity index (χ1v) is 13.5. The van der Waals surface area contributed by atoms with Crippen LogP contribution in [-0.2, 0) is 21.7 Å². The molecule has 7 heteroatoms. The van der Waals surface area contributed by atoms with E-state index in [-0.39, 0.29) is 23.5 Å². The number of hydrogen-bond acceptors (Lipinski definition) is 4. The molecule has 5 nitrogen and oxygen atoms in total. The van der Waals surface area contributed by atoms with E-state index in [9.17, 15) is 13.6 Å². The van der Waals surface area contributed by atoms with Crippen LogP contribution in [0.15, 0.2) is 79.2 Å². The lowest BCUT2D eigenvalue weighted by molar-refractivity contribution is -0.132. The molecule has 1 N–H and O–H groups in total. The minimum absolute atomic E-state index is 0.0121. The number of amides is 1. The third-order valence-electron chi connectivity index (χ3n) is 7.95. The van der Waals surface area contributed by atoms with Crippen molar-refractivity contribution in [3.63, 3.8) is 0 Å². The number of nitrogens with one attached hydrogen (secondary N) is 1. The fourth-order valence-corrected chi connectivity index (χ4v) is 5.73. The molecule has 2 aliphatic rings. The van der Waals surface area contributed by atoms with Crippen molar-refractivity contribution in [1.82, 2.24) is 9.80 Å². The molecule has 2 heterocycles. The van der Waals surface area contributed by atoms with Crippen LogP contribution >= 0.6 is 0 Å². The van der Waals surface area contributed by atoms with Crippen LogP contribution in [0.5, 0.6) is 0 Å². The predicted octanol–water partition coefficient (Wildman–Crippen LogP) is 6.31. The first-order chi connectivity index (χ1) is 18.7. The first kappa shape index (κ1) is 26.9. The van der Waals surface area contributed by atoms with Crippen molar-refractivity contribution in [2.45, 2.75) is 44.2 Å². The number of nitrogens with zero attached hydrogens (tertiary/aromatic N) is 2. The van der Waals surface area contributed by atoms with E-state index in [0.717, 1.165) is 35.5 Å². The largest absolute Gasteiger partial charge is 0.468 e. The Morgan fingerprint density at radius 1 is 1.05 bits per heavy atom. The first-order valence-electron chi connectivity index (χ1n) is 13.5. The van der Waals surface area contributed by atoms with Crippen LogP contribution in [-0.4, -0.2) is 42.4 Å².